The average Bonchev–Trinajstić information content (AvgIpc) is 3.02. The molecule has 8 heteroatoms. The summed E-state index contributed by atoms with van der Waals surface area (Å²) in [6.07, 6.45) is 3.99. The predicted octanol–water partition coefficient (Wildman–Crippen LogP) is 3.24. The molecule has 3 N–H and O–H groups in total. The van der Waals surface area contributed by atoms with Crippen molar-refractivity contribution in [3.05, 3.63) is 71.8 Å². The molecule has 0 bridgehead atoms. The first-order valence-electron chi connectivity index (χ1n) is 11.5. The summed E-state index contributed by atoms with van der Waals surface area (Å²) in [5.41, 5.74) is 7.78. The van der Waals surface area contributed by atoms with Gasteiger partial charge in [0.15, 0.2) is 9.84 Å². The molecule has 182 valence electrons. The molecule has 0 fully saturated rings. The van der Waals surface area contributed by atoms with Crippen molar-refractivity contribution >= 4 is 21.4 Å². The van der Waals surface area contributed by atoms with Crippen LogP contribution in [0.1, 0.15) is 40.7 Å². The molecule has 1 amide bonds. The van der Waals surface area contributed by atoms with Gasteiger partial charge >= 0.3 is 0 Å². The highest BCUT2D eigenvalue weighted by molar-refractivity contribution is 7.92. The first-order valence-corrected chi connectivity index (χ1v) is 13.2. The molecular formula is C26H32N2O5S. The van der Waals surface area contributed by atoms with Crippen molar-refractivity contribution in [3.8, 4) is 5.75 Å². The van der Waals surface area contributed by atoms with E-state index < -0.39 is 31.7 Å². The Labute approximate surface area is 201 Å². The van der Waals surface area contributed by atoms with Crippen LogP contribution < -0.4 is 15.8 Å². The van der Waals surface area contributed by atoms with E-state index in [2.05, 4.69) is 18.0 Å². The van der Waals surface area contributed by atoms with Crippen LogP contribution in [0.25, 0.3) is 0 Å². The normalized spacial score (nSPS) is 22.4. The fourth-order valence-electron chi connectivity index (χ4n) is 5.34. The molecule has 1 spiro atoms. The van der Waals surface area contributed by atoms with Gasteiger partial charge in [0.25, 0.3) is 0 Å². The van der Waals surface area contributed by atoms with E-state index in [1.54, 1.807) is 24.3 Å². The van der Waals surface area contributed by atoms with Gasteiger partial charge in [0, 0.05) is 19.2 Å². The van der Waals surface area contributed by atoms with Crippen LogP contribution in [0.5, 0.6) is 5.75 Å². The summed E-state index contributed by atoms with van der Waals surface area (Å²) in [6, 6.07) is 13.0. The van der Waals surface area contributed by atoms with Gasteiger partial charge in [-0.1, -0.05) is 30.3 Å². The lowest BCUT2D eigenvalue weighted by atomic mass is 9.70. The van der Waals surface area contributed by atoms with Crippen molar-refractivity contribution in [3.63, 3.8) is 0 Å². The molecule has 2 aliphatic rings. The standard InChI is InChI=1S/C26H32N2O5S/c1-3-4-8-20(15-32-2)34(30,31)24-13-11-18-7-5-6-9-21(18)26(24)16-28-22-14-19(25(27)29)10-12-23(22)33-17-26/h3,5-7,9-10,12,14,20,24,28H,1,4,8,11,13,15-17H2,2H3,(H2,27,29)/t20-,24?,26?/m1/s1. The molecule has 0 saturated carbocycles. The molecule has 3 atom stereocenters. The van der Waals surface area contributed by atoms with Gasteiger partial charge in [-0.25, -0.2) is 8.42 Å². The van der Waals surface area contributed by atoms with E-state index in [1.807, 2.05) is 18.2 Å². The van der Waals surface area contributed by atoms with Gasteiger partial charge < -0.3 is 20.5 Å². The van der Waals surface area contributed by atoms with Crippen LogP contribution in [0.4, 0.5) is 5.69 Å². The van der Waals surface area contributed by atoms with Crippen LogP contribution in [-0.4, -0.2) is 51.7 Å². The van der Waals surface area contributed by atoms with Gasteiger partial charge in [-0.2, -0.15) is 0 Å². The number of methoxy groups -OCH3 is 1. The highest BCUT2D eigenvalue weighted by Gasteiger charge is 2.53. The average molecular weight is 485 g/mol. The molecule has 7 nitrogen and oxygen atoms in total. The number of allylic oxidation sites excluding steroid dienone is 1. The second kappa shape index (κ2) is 9.80. The van der Waals surface area contributed by atoms with Crippen LogP contribution in [0.3, 0.4) is 0 Å². The van der Waals surface area contributed by atoms with Gasteiger partial charge in [-0.15, -0.1) is 6.58 Å². The van der Waals surface area contributed by atoms with E-state index in [9.17, 15) is 13.2 Å². The van der Waals surface area contributed by atoms with Crippen molar-refractivity contribution in [2.75, 3.05) is 32.2 Å². The Morgan fingerprint density at radius 2 is 2.15 bits per heavy atom. The van der Waals surface area contributed by atoms with Gasteiger partial charge in [0.2, 0.25) is 5.91 Å². The third-order valence-electron chi connectivity index (χ3n) is 7.10. The minimum absolute atomic E-state index is 0.140. The lowest BCUT2D eigenvalue weighted by Crippen LogP contribution is -2.57. The molecule has 1 aliphatic carbocycles. The van der Waals surface area contributed by atoms with Gasteiger partial charge in [-0.05, 0) is 55.0 Å². The minimum Gasteiger partial charge on any atom is -0.490 e. The number of sulfone groups is 1. The number of hydrogen-bond donors (Lipinski definition) is 2. The monoisotopic (exact) mass is 484 g/mol. The number of anilines is 1. The number of ether oxygens (including phenoxy) is 2. The Morgan fingerprint density at radius 1 is 1.35 bits per heavy atom. The van der Waals surface area contributed by atoms with E-state index in [0.29, 0.717) is 49.2 Å². The quantitative estimate of drug-likeness (QED) is 0.557. The fourth-order valence-corrected chi connectivity index (χ4v) is 7.95. The molecule has 1 heterocycles. The Bertz CT molecular complexity index is 1180. The Balaban J connectivity index is 1.79. The predicted molar refractivity (Wildman–Crippen MR) is 133 cm³/mol. The maximum Gasteiger partial charge on any atom is 0.248 e. The number of fused-ring (bicyclic) bond motifs is 3. The minimum atomic E-state index is -3.60. The number of amides is 1. The topological polar surface area (TPSA) is 108 Å². The lowest BCUT2D eigenvalue weighted by Gasteiger charge is -2.45. The van der Waals surface area contributed by atoms with E-state index in [4.69, 9.17) is 15.2 Å². The van der Waals surface area contributed by atoms with E-state index in [0.717, 1.165) is 11.1 Å². The Morgan fingerprint density at radius 3 is 2.88 bits per heavy atom. The molecule has 0 saturated heterocycles. The number of carbonyl (C=O) groups is 1. The van der Waals surface area contributed by atoms with Crippen molar-refractivity contribution < 1.29 is 22.7 Å². The molecule has 2 aromatic rings. The highest BCUT2D eigenvalue weighted by atomic mass is 32.2. The van der Waals surface area contributed by atoms with Crippen molar-refractivity contribution in [1.82, 2.24) is 0 Å². The Kier molecular flexibility index (Phi) is 7.00. The van der Waals surface area contributed by atoms with Crippen molar-refractivity contribution in [2.24, 2.45) is 5.73 Å². The van der Waals surface area contributed by atoms with E-state index in [1.165, 1.54) is 7.11 Å². The fraction of sp³-hybridized carbons (Fsp3) is 0.423. The maximum absolute atomic E-state index is 14.1. The number of nitrogens with two attached hydrogens (primary N) is 1. The summed E-state index contributed by atoms with van der Waals surface area (Å²) in [5, 5.41) is 2.11. The number of rotatable bonds is 8. The molecule has 0 radical (unpaired) electrons. The first kappa shape index (κ1) is 24.3. The number of hydrogen-bond acceptors (Lipinski definition) is 6. The van der Waals surface area contributed by atoms with Crippen LogP contribution in [0.2, 0.25) is 0 Å². The summed E-state index contributed by atoms with van der Waals surface area (Å²) in [6.45, 7) is 4.45. The van der Waals surface area contributed by atoms with Crippen LogP contribution >= 0.6 is 0 Å². The highest BCUT2D eigenvalue weighted by Crippen LogP contribution is 2.45. The zero-order valence-corrected chi connectivity index (χ0v) is 20.3. The second-order valence-electron chi connectivity index (χ2n) is 9.09. The third kappa shape index (κ3) is 4.32. The van der Waals surface area contributed by atoms with Gasteiger partial charge in [-0.3, -0.25) is 4.79 Å². The molecular weight excluding hydrogens is 452 g/mol. The largest absolute Gasteiger partial charge is 0.490 e. The van der Waals surface area contributed by atoms with Gasteiger partial charge in [0.1, 0.15) is 12.4 Å². The number of nitrogens with one attached hydrogen (secondary N) is 1. The third-order valence-corrected chi connectivity index (χ3v) is 9.88. The Hall–Kier alpha value is -2.84. The summed E-state index contributed by atoms with van der Waals surface area (Å²) in [5.74, 6) is 0.0397. The summed E-state index contributed by atoms with van der Waals surface area (Å²) >= 11 is 0. The molecule has 4 rings (SSSR count). The zero-order valence-electron chi connectivity index (χ0n) is 19.5. The molecule has 2 aromatic carbocycles. The molecule has 2 unspecified atom stereocenters. The SMILES string of the molecule is C=CCC[C@H](COC)S(=O)(=O)C1CCc2ccccc2C12CNc1cc(C(N)=O)ccc1OC2. The second-order valence-corrected chi connectivity index (χ2v) is 11.5. The molecule has 34 heavy (non-hydrogen) atoms. The number of primary amides is 1. The van der Waals surface area contributed by atoms with Crippen LogP contribution in [-0.2, 0) is 26.4 Å². The maximum atomic E-state index is 14.1. The van der Waals surface area contributed by atoms with E-state index in [-0.39, 0.29) is 13.2 Å². The zero-order chi connectivity index (χ0) is 24.3. The number of aryl methyl sites for hydroxylation is 1. The van der Waals surface area contributed by atoms with Crippen LogP contribution in [0.15, 0.2) is 55.1 Å². The summed E-state index contributed by atoms with van der Waals surface area (Å²) < 4.78 is 39.9. The summed E-state index contributed by atoms with van der Waals surface area (Å²) in [4.78, 5) is 11.7. The van der Waals surface area contributed by atoms with E-state index >= 15 is 0 Å². The van der Waals surface area contributed by atoms with Crippen molar-refractivity contribution in [2.45, 2.75) is 41.6 Å². The van der Waals surface area contributed by atoms with Crippen molar-refractivity contribution in [1.29, 1.82) is 0 Å². The molecule has 1 aliphatic heterocycles. The number of benzene rings is 2. The lowest BCUT2D eigenvalue weighted by molar-refractivity contribution is 0.1000. The smallest absolute Gasteiger partial charge is 0.248 e. The van der Waals surface area contributed by atoms with Crippen LogP contribution in [0, 0.1) is 0 Å². The number of carbonyl (C=O) groups excluding carboxylic acids is 1. The van der Waals surface area contributed by atoms with Gasteiger partial charge in [0.05, 0.1) is 28.2 Å². The summed E-state index contributed by atoms with van der Waals surface area (Å²) in [7, 11) is -2.07. The molecule has 0 aromatic heterocycles. The first-order chi connectivity index (χ1) is 16.3.